The van der Waals surface area contributed by atoms with Gasteiger partial charge in [-0.1, -0.05) is 59.6 Å². The van der Waals surface area contributed by atoms with Crippen LogP contribution in [0.25, 0.3) is 11.3 Å². The summed E-state index contributed by atoms with van der Waals surface area (Å²) in [6.07, 6.45) is 0. The molecular weight excluding hydrogens is 325 g/mol. The van der Waals surface area contributed by atoms with E-state index in [4.69, 9.17) is 23.2 Å². The molecule has 5 heteroatoms. The maximum Gasteiger partial charge on any atom is 0.221 e. The predicted octanol–water partition coefficient (Wildman–Crippen LogP) is 5.35. The molecule has 0 aliphatic carbocycles. The van der Waals surface area contributed by atoms with Gasteiger partial charge in [-0.3, -0.25) is 4.79 Å². The van der Waals surface area contributed by atoms with Crippen LogP contribution in [0.15, 0.2) is 53.9 Å². The van der Waals surface area contributed by atoms with Crippen LogP contribution in [0.3, 0.4) is 0 Å². The lowest BCUT2D eigenvalue weighted by atomic mass is 10.1. The summed E-state index contributed by atoms with van der Waals surface area (Å²) in [5.74, 6) is -0.0769. The summed E-state index contributed by atoms with van der Waals surface area (Å²) >= 11 is 13.2. The molecule has 0 saturated carbocycles. The van der Waals surface area contributed by atoms with E-state index in [1.165, 1.54) is 11.3 Å². The maximum atomic E-state index is 12.3. The van der Waals surface area contributed by atoms with Crippen LogP contribution in [0.1, 0.15) is 15.4 Å². The molecule has 0 bridgehead atoms. The summed E-state index contributed by atoms with van der Waals surface area (Å²) in [5, 5.41) is 3.27. The lowest BCUT2D eigenvalue weighted by Gasteiger charge is -1.99. The monoisotopic (exact) mass is 333 g/mol. The molecule has 0 aliphatic heterocycles. The third-order valence-electron chi connectivity index (χ3n) is 2.95. The highest BCUT2D eigenvalue weighted by Gasteiger charge is 2.14. The first-order valence-corrected chi connectivity index (χ1v) is 7.79. The number of carbonyl (C=O) groups is 1. The second-order valence-electron chi connectivity index (χ2n) is 4.36. The molecule has 3 aromatic rings. The first kappa shape index (κ1) is 14.3. The number of halogens is 2. The van der Waals surface area contributed by atoms with E-state index in [0.717, 1.165) is 11.3 Å². The van der Waals surface area contributed by atoms with E-state index in [1.54, 1.807) is 24.3 Å². The molecular formula is C16H9Cl2NOS. The Balaban J connectivity index is 1.93. The Bertz CT molecular complexity index is 799. The van der Waals surface area contributed by atoms with E-state index in [1.807, 2.05) is 29.6 Å². The third kappa shape index (κ3) is 3.00. The lowest BCUT2D eigenvalue weighted by Crippen LogP contribution is -1.99. The molecule has 21 heavy (non-hydrogen) atoms. The van der Waals surface area contributed by atoms with Crippen molar-refractivity contribution in [2.45, 2.75) is 0 Å². The van der Waals surface area contributed by atoms with E-state index < -0.39 is 0 Å². The SMILES string of the molecule is O=C(c1ccccc1)c1nc(-c2ccc(Cl)c(Cl)c2)cs1. The van der Waals surface area contributed by atoms with Crippen LogP contribution in [0.2, 0.25) is 10.0 Å². The van der Waals surface area contributed by atoms with Crippen molar-refractivity contribution in [3.05, 3.63) is 74.5 Å². The Morgan fingerprint density at radius 2 is 1.76 bits per heavy atom. The summed E-state index contributed by atoms with van der Waals surface area (Å²) in [6.45, 7) is 0. The van der Waals surface area contributed by atoms with Crippen molar-refractivity contribution in [2.75, 3.05) is 0 Å². The molecule has 0 fully saturated rings. The first-order valence-electron chi connectivity index (χ1n) is 6.16. The average molecular weight is 334 g/mol. The average Bonchev–Trinajstić information content (AvgIpc) is 3.00. The largest absolute Gasteiger partial charge is 0.286 e. The summed E-state index contributed by atoms with van der Waals surface area (Å²) in [5.41, 5.74) is 2.19. The van der Waals surface area contributed by atoms with Crippen LogP contribution in [-0.4, -0.2) is 10.8 Å². The van der Waals surface area contributed by atoms with Gasteiger partial charge in [0.15, 0.2) is 5.01 Å². The van der Waals surface area contributed by atoms with Crippen molar-refractivity contribution in [3.8, 4) is 11.3 Å². The second-order valence-corrected chi connectivity index (χ2v) is 6.03. The lowest BCUT2D eigenvalue weighted by molar-refractivity contribution is 0.103. The Morgan fingerprint density at radius 1 is 1.00 bits per heavy atom. The molecule has 0 atom stereocenters. The molecule has 0 spiro atoms. The molecule has 0 N–H and O–H groups in total. The number of hydrogen-bond acceptors (Lipinski definition) is 3. The summed E-state index contributed by atoms with van der Waals surface area (Å²) < 4.78 is 0. The molecule has 0 aliphatic rings. The maximum absolute atomic E-state index is 12.3. The highest BCUT2D eigenvalue weighted by Crippen LogP contribution is 2.29. The smallest absolute Gasteiger partial charge is 0.221 e. The number of hydrogen-bond donors (Lipinski definition) is 0. The van der Waals surface area contributed by atoms with Gasteiger partial charge in [0.1, 0.15) is 0 Å². The fourth-order valence-electron chi connectivity index (χ4n) is 1.88. The minimum atomic E-state index is -0.0769. The van der Waals surface area contributed by atoms with Gasteiger partial charge in [-0.05, 0) is 12.1 Å². The van der Waals surface area contributed by atoms with Crippen molar-refractivity contribution in [3.63, 3.8) is 0 Å². The molecule has 2 aromatic carbocycles. The van der Waals surface area contributed by atoms with Crippen LogP contribution < -0.4 is 0 Å². The van der Waals surface area contributed by atoms with Gasteiger partial charge in [0, 0.05) is 16.5 Å². The van der Waals surface area contributed by atoms with Crippen LogP contribution in [0, 0.1) is 0 Å². The predicted molar refractivity (Wildman–Crippen MR) is 87.4 cm³/mol. The molecule has 0 unspecified atom stereocenters. The zero-order valence-corrected chi connectivity index (χ0v) is 13.0. The Morgan fingerprint density at radius 3 is 2.48 bits per heavy atom. The quantitative estimate of drug-likeness (QED) is 0.605. The number of nitrogens with zero attached hydrogens (tertiary/aromatic N) is 1. The number of aromatic nitrogens is 1. The van der Waals surface area contributed by atoms with Crippen LogP contribution in [0.5, 0.6) is 0 Å². The number of rotatable bonds is 3. The standard InChI is InChI=1S/C16H9Cl2NOS/c17-12-7-6-11(8-13(12)18)14-9-21-16(19-14)15(20)10-4-2-1-3-5-10/h1-9H. The summed E-state index contributed by atoms with van der Waals surface area (Å²) in [6, 6.07) is 14.4. The van der Waals surface area contributed by atoms with Crippen LogP contribution >= 0.6 is 34.5 Å². The Kier molecular flexibility index (Phi) is 4.06. The van der Waals surface area contributed by atoms with Crippen molar-refractivity contribution >= 4 is 40.3 Å². The van der Waals surface area contributed by atoms with Gasteiger partial charge in [0.2, 0.25) is 5.78 Å². The van der Waals surface area contributed by atoms with E-state index in [-0.39, 0.29) is 5.78 Å². The van der Waals surface area contributed by atoms with Gasteiger partial charge in [0.05, 0.1) is 15.7 Å². The number of ketones is 1. The Labute approximate surface area is 136 Å². The van der Waals surface area contributed by atoms with Crippen molar-refractivity contribution < 1.29 is 4.79 Å². The van der Waals surface area contributed by atoms with Gasteiger partial charge < -0.3 is 0 Å². The minimum absolute atomic E-state index is 0.0769. The van der Waals surface area contributed by atoms with Gasteiger partial charge >= 0.3 is 0 Å². The van der Waals surface area contributed by atoms with Gasteiger partial charge in [-0.2, -0.15) is 0 Å². The van der Waals surface area contributed by atoms with E-state index in [9.17, 15) is 4.79 Å². The molecule has 1 aromatic heterocycles. The van der Waals surface area contributed by atoms with Crippen molar-refractivity contribution in [2.24, 2.45) is 0 Å². The minimum Gasteiger partial charge on any atom is -0.286 e. The normalized spacial score (nSPS) is 10.6. The Hall–Kier alpha value is -1.68. The zero-order valence-electron chi connectivity index (χ0n) is 10.7. The van der Waals surface area contributed by atoms with Gasteiger partial charge in [-0.25, -0.2) is 4.98 Å². The highest BCUT2D eigenvalue weighted by atomic mass is 35.5. The number of benzene rings is 2. The van der Waals surface area contributed by atoms with E-state index in [0.29, 0.717) is 20.6 Å². The first-order chi connectivity index (χ1) is 10.1. The molecule has 1 heterocycles. The molecule has 3 rings (SSSR count). The molecule has 0 saturated heterocycles. The second kappa shape index (κ2) is 5.98. The van der Waals surface area contributed by atoms with Crippen LogP contribution in [0.4, 0.5) is 0 Å². The summed E-state index contributed by atoms with van der Waals surface area (Å²) in [7, 11) is 0. The number of thiazole rings is 1. The van der Waals surface area contributed by atoms with E-state index >= 15 is 0 Å². The molecule has 0 radical (unpaired) electrons. The fourth-order valence-corrected chi connectivity index (χ4v) is 2.97. The topological polar surface area (TPSA) is 30.0 Å². The van der Waals surface area contributed by atoms with E-state index in [2.05, 4.69) is 4.98 Å². The molecule has 104 valence electrons. The van der Waals surface area contributed by atoms with Crippen molar-refractivity contribution in [1.29, 1.82) is 0 Å². The van der Waals surface area contributed by atoms with Crippen LogP contribution in [-0.2, 0) is 0 Å². The molecule has 0 amide bonds. The van der Waals surface area contributed by atoms with Gasteiger partial charge in [0.25, 0.3) is 0 Å². The van der Waals surface area contributed by atoms with Crippen molar-refractivity contribution in [1.82, 2.24) is 4.98 Å². The fraction of sp³-hybridized carbons (Fsp3) is 0. The number of carbonyl (C=O) groups excluding carboxylic acids is 1. The molecule has 2 nitrogen and oxygen atoms in total. The highest BCUT2D eigenvalue weighted by molar-refractivity contribution is 7.12. The summed E-state index contributed by atoms with van der Waals surface area (Å²) in [4.78, 5) is 16.7. The zero-order chi connectivity index (χ0) is 14.8. The third-order valence-corrected chi connectivity index (χ3v) is 4.53. The van der Waals surface area contributed by atoms with Gasteiger partial charge in [-0.15, -0.1) is 11.3 Å².